The minimum absolute atomic E-state index is 0.333. The molecule has 0 aliphatic carbocycles. The predicted octanol–water partition coefficient (Wildman–Crippen LogP) is -0.757. The maximum atomic E-state index is 10.0. The van der Waals surface area contributed by atoms with E-state index in [1.807, 2.05) is 0 Å². The molecule has 0 aromatic carbocycles. The number of hydrogen-bond acceptors (Lipinski definition) is 4. The molecule has 1 rings (SSSR count). The highest BCUT2D eigenvalue weighted by atomic mass is 16.6. The van der Waals surface area contributed by atoms with Gasteiger partial charge < -0.3 is 0 Å². The van der Waals surface area contributed by atoms with Gasteiger partial charge in [-0.2, -0.15) is 0 Å². The van der Waals surface area contributed by atoms with Gasteiger partial charge in [0.1, 0.15) is 0 Å². The van der Waals surface area contributed by atoms with Crippen molar-refractivity contribution in [2.24, 2.45) is 0 Å². The van der Waals surface area contributed by atoms with Gasteiger partial charge in [-0.3, -0.25) is 15.0 Å². The van der Waals surface area contributed by atoms with Gasteiger partial charge in [0.15, 0.2) is 0 Å². The smallest absolute Gasteiger partial charge is 0.279 e. The van der Waals surface area contributed by atoms with E-state index in [2.05, 4.69) is 5.32 Å². The first-order valence-corrected chi connectivity index (χ1v) is 2.63. The predicted molar refractivity (Wildman–Crippen MR) is 30.8 cm³/mol. The molecule has 0 saturated carbocycles. The van der Waals surface area contributed by atoms with Crippen molar-refractivity contribution in [3.63, 3.8) is 0 Å². The van der Waals surface area contributed by atoms with Gasteiger partial charge in [0.05, 0.1) is 13.2 Å². The maximum Gasteiger partial charge on any atom is 0.279 e. The Morgan fingerprint density at radius 1 is 2.00 bits per heavy atom. The van der Waals surface area contributed by atoms with Crippen LogP contribution in [0.4, 0.5) is 0 Å². The summed E-state index contributed by atoms with van der Waals surface area (Å²) >= 11 is 0. The fourth-order valence-corrected chi connectivity index (χ4v) is 0.719. The molecular formula is C4H8N3O2. The van der Waals surface area contributed by atoms with E-state index in [0.29, 0.717) is 6.54 Å². The molecule has 5 heteroatoms. The van der Waals surface area contributed by atoms with Gasteiger partial charge in [0.25, 0.3) is 6.17 Å². The van der Waals surface area contributed by atoms with Crippen molar-refractivity contribution in [3.05, 3.63) is 16.8 Å². The summed E-state index contributed by atoms with van der Waals surface area (Å²) in [4.78, 5) is 11.5. The van der Waals surface area contributed by atoms with Crippen LogP contribution in [-0.2, 0) is 0 Å². The quantitative estimate of drug-likeness (QED) is 0.374. The Balaban J connectivity index is 2.39. The third kappa shape index (κ3) is 1.36. The average Bonchev–Trinajstić information content (AvgIpc) is 2.14. The van der Waals surface area contributed by atoms with Crippen LogP contribution in [0.5, 0.6) is 0 Å². The van der Waals surface area contributed by atoms with Crippen LogP contribution in [0.2, 0.25) is 0 Å². The molecule has 1 aliphatic rings. The molecule has 1 unspecified atom stereocenters. The number of hydrogen-bond donors (Lipinski definition) is 1. The number of likely N-dealkylation sites (N-methyl/N-ethyl adjacent to an activating group) is 1. The monoisotopic (exact) mass is 130 g/mol. The molecule has 0 bridgehead atoms. The molecule has 1 aliphatic heterocycles. The summed E-state index contributed by atoms with van der Waals surface area (Å²) < 4.78 is 0. The van der Waals surface area contributed by atoms with Crippen LogP contribution in [0.1, 0.15) is 0 Å². The van der Waals surface area contributed by atoms with E-state index in [1.54, 1.807) is 18.6 Å². The number of nitrogens with zero attached hydrogens (tertiary/aromatic N) is 2. The van der Waals surface area contributed by atoms with Gasteiger partial charge in [-0.15, -0.1) is 0 Å². The molecule has 9 heavy (non-hydrogen) atoms. The molecule has 1 radical (unpaired) electrons. The minimum Gasteiger partial charge on any atom is -0.280 e. The van der Waals surface area contributed by atoms with E-state index in [0.717, 1.165) is 0 Å². The number of nitrogens with one attached hydrogen (secondary N) is 1. The summed E-state index contributed by atoms with van der Waals surface area (Å²) in [5.41, 5.74) is 0. The Bertz CT molecular complexity index is 127. The second-order valence-corrected chi connectivity index (χ2v) is 2.04. The Morgan fingerprint density at radius 3 is 2.89 bits per heavy atom. The molecule has 0 aromatic rings. The largest absolute Gasteiger partial charge is 0.280 e. The lowest BCUT2D eigenvalue weighted by Crippen LogP contribution is -2.31. The summed E-state index contributed by atoms with van der Waals surface area (Å²) in [6.07, 6.45) is -0.616. The lowest BCUT2D eigenvalue weighted by atomic mass is 10.5. The van der Waals surface area contributed by atoms with Crippen LogP contribution in [0.25, 0.3) is 0 Å². The molecule has 1 N–H and O–H groups in total. The van der Waals surface area contributed by atoms with E-state index in [1.165, 1.54) is 0 Å². The van der Waals surface area contributed by atoms with Crippen molar-refractivity contribution < 1.29 is 4.92 Å². The molecule has 0 aromatic heterocycles. The zero-order valence-electron chi connectivity index (χ0n) is 5.07. The summed E-state index contributed by atoms with van der Waals surface area (Å²) in [5, 5.41) is 12.7. The van der Waals surface area contributed by atoms with E-state index in [-0.39, 0.29) is 4.92 Å². The first kappa shape index (κ1) is 6.44. The third-order valence-electron chi connectivity index (χ3n) is 1.20. The number of nitro groups is 1. The summed E-state index contributed by atoms with van der Waals surface area (Å²) in [6, 6.07) is 0. The molecule has 5 nitrogen and oxygen atoms in total. The normalized spacial score (nSPS) is 28.8. The summed E-state index contributed by atoms with van der Waals surface area (Å²) in [6.45, 7) is 2.06. The van der Waals surface area contributed by atoms with Crippen molar-refractivity contribution in [1.29, 1.82) is 0 Å². The molecule has 1 saturated heterocycles. The lowest BCUT2D eigenvalue weighted by Gasteiger charge is -1.99. The van der Waals surface area contributed by atoms with E-state index in [4.69, 9.17) is 0 Å². The molecular weight excluding hydrogens is 122 g/mol. The van der Waals surface area contributed by atoms with Crippen LogP contribution in [0.3, 0.4) is 0 Å². The molecule has 1 heterocycles. The van der Waals surface area contributed by atoms with Crippen molar-refractivity contribution in [3.8, 4) is 0 Å². The highest BCUT2D eigenvalue weighted by molar-refractivity contribution is 4.75. The Labute approximate surface area is 52.8 Å². The van der Waals surface area contributed by atoms with Gasteiger partial charge in [0.2, 0.25) is 0 Å². The van der Waals surface area contributed by atoms with Crippen molar-refractivity contribution in [1.82, 2.24) is 10.2 Å². The second kappa shape index (κ2) is 2.28. The summed E-state index contributed by atoms with van der Waals surface area (Å²) in [5.74, 6) is 0. The zero-order valence-corrected chi connectivity index (χ0v) is 5.07. The lowest BCUT2D eigenvalue weighted by molar-refractivity contribution is -0.523. The fraction of sp³-hybridized carbons (Fsp3) is 0.750. The first-order chi connectivity index (χ1) is 4.20. The molecule has 0 amide bonds. The standard InChI is InChI=1S/C4H8N3O2/c1-6-2-4(5-3-6)7(8)9/h3-5H,2H2,1H3. The van der Waals surface area contributed by atoms with Crippen LogP contribution in [-0.4, -0.2) is 29.6 Å². The maximum absolute atomic E-state index is 10.0. The van der Waals surface area contributed by atoms with Crippen molar-refractivity contribution in [2.75, 3.05) is 13.6 Å². The molecule has 0 spiro atoms. The fourth-order valence-electron chi connectivity index (χ4n) is 0.719. The van der Waals surface area contributed by atoms with E-state index in [9.17, 15) is 10.1 Å². The van der Waals surface area contributed by atoms with Gasteiger partial charge in [-0.05, 0) is 7.05 Å². The zero-order chi connectivity index (χ0) is 6.85. The SMILES string of the molecule is CN1[CH]NC([N+](=O)[O-])C1. The van der Waals surface area contributed by atoms with Crippen LogP contribution < -0.4 is 5.32 Å². The summed E-state index contributed by atoms with van der Waals surface area (Å²) in [7, 11) is 1.79. The molecule has 1 fully saturated rings. The van der Waals surface area contributed by atoms with Crippen LogP contribution >= 0.6 is 0 Å². The highest BCUT2D eigenvalue weighted by Gasteiger charge is 2.27. The van der Waals surface area contributed by atoms with E-state index < -0.39 is 6.17 Å². The second-order valence-electron chi connectivity index (χ2n) is 2.04. The first-order valence-electron chi connectivity index (χ1n) is 2.63. The minimum atomic E-state index is -0.616. The van der Waals surface area contributed by atoms with Crippen LogP contribution in [0, 0.1) is 16.8 Å². The average molecular weight is 130 g/mol. The number of rotatable bonds is 1. The van der Waals surface area contributed by atoms with E-state index >= 15 is 0 Å². The Morgan fingerprint density at radius 2 is 2.67 bits per heavy atom. The molecule has 51 valence electrons. The van der Waals surface area contributed by atoms with Gasteiger partial charge in [0, 0.05) is 4.92 Å². The van der Waals surface area contributed by atoms with Gasteiger partial charge >= 0.3 is 0 Å². The topological polar surface area (TPSA) is 58.4 Å². The Kier molecular flexibility index (Phi) is 1.63. The van der Waals surface area contributed by atoms with Gasteiger partial charge in [-0.1, -0.05) is 0 Å². The third-order valence-corrected chi connectivity index (χ3v) is 1.20. The Hall–Kier alpha value is -0.680. The van der Waals surface area contributed by atoms with Crippen molar-refractivity contribution in [2.45, 2.75) is 6.17 Å². The van der Waals surface area contributed by atoms with Crippen LogP contribution in [0.15, 0.2) is 0 Å². The molecule has 1 atom stereocenters. The van der Waals surface area contributed by atoms with Gasteiger partial charge in [-0.25, -0.2) is 5.32 Å². The highest BCUT2D eigenvalue weighted by Crippen LogP contribution is 2.00. The van der Waals surface area contributed by atoms with Crippen molar-refractivity contribution >= 4 is 0 Å².